The molecule has 0 aromatic carbocycles. The molecule has 2 heterocycles. The fraction of sp³-hybridized carbons (Fsp3) is 0.667. The molecule has 2 N–H and O–H groups in total. The number of thiophene rings is 1. The molecule has 0 radical (unpaired) electrons. The Bertz CT molecular complexity index is 353. The summed E-state index contributed by atoms with van der Waals surface area (Å²) in [7, 11) is 0. The molecule has 1 saturated heterocycles. The van der Waals surface area contributed by atoms with E-state index >= 15 is 0 Å². The summed E-state index contributed by atoms with van der Waals surface area (Å²) in [6.07, 6.45) is 6.65. The number of hydrogen-bond acceptors (Lipinski definition) is 3. The van der Waals surface area contributed by atoms with Crippen LogP contribution < -0.4 is 5.73 Å². The van der Waals surface area contributed by atoms with E-state index in [4.69, 9.17) is 5.73 Å². The van der Waals surface area contributed by atoms with Crippen molar-refractivity contribution in [3.05, 3.63) is 15.8 Å². The third-order valence-electron chi connectivity index (χ3n) is 3.74. The Kier molecular flexibility index (Phi) is 2.45. The van der Waals surface area contributed by atoms with Gasteiger partial charge in [-0.05, 0) is 45.2 Å². The first-order valence-corrected chi connectivity index (χ1v) is 6.84. The fourth-order valence-electron chi connectivity index (χ4n) is 3.01. The molecule has 1 fully saturated rings. The van der Waals surface area contributed by atoms with Crippen LogP contribution in [0.3, 0.4) is 0 Å². The molecule has 0 spiro atoms. The van der Waals surface area contributed by atoms with Crippen molar-refractivity contribution in [3.63, 3.8) is 0 Å². The van der Waals surface area contributed by atoms with Crippen molar-refractivity contribution in [2.45, 2.75) is 38.1 Å². The Labute approximate surface area is 95.1 Å². The molecule has 0 amide bonds. The van der Waals surface area contributed by atoms with E-state index in [-0.39, 0.29) is 0 Å². The lowest BCUT2D eigenvalue weighted by Crippen LogP contribution is -2.28. The van der Waals surface area contributed by atoms with Gasteiger partial charge in [-0.15, -0.1) is 11.3 Å². The van der Waals surface area contributed by atoms with Crippen LogP contribution in [0.25, 0.3) is 0 Å². The SMILES string of the molecule is Nc1csc2c1C(N1CCCC1)CCC2. The maximum atomic E-state index is 6.10. The van der Waals surface area contributed by atoms with Gasteiger partial charge in [0.15, 0.2) is 0 Å². The first-order chi connectivity index (χ1) is 7.36. The summed E-state index contributed by atoms with van der Waals surface area (Å²) in [5.74, 6) is 0. The van der Waals surface area contributed by atoms with Gasteiger partial charge in [0.05, 0.1) is 0 Å². The van der Waals surface area contributed by atoms with Crippen LogP contribution in [-0.4, -0.2) is 18.0 Å². The average molecular weight is 222 g/mol. The van der Waals surface area contributed by atoms with Gasteiger partial charge in [-0.2, -0.15) is 0 Å². The minimum atomic E-state index is 0.641. The number of anilines is 1. The number of nitrogens with two attached hydrogens (primary N) is 1. The van der Waals surface area contributed by atoms with Crippen LogP contribution in [0.2, 0.25) is 0 Å². The van der Waals surface area contributed by atoms with E-state index in [1.165, 1.54) is 50.8 Å². The van der Waals surface area contributed by atoms with Crippen molar-refractivity contribution in [1.29, 1.82) is 0 Å². The zero-order valence-corrected chi connectivity index (χ0v) is 9.85. The van der Waals surface area contributed by atoms with Crippen LogP contribution in [-0.2, 0) is 6.42 Å². The molecule has 2 aliphatic rings. The third-order valence-corrected chi connectivity index (χ3v) is 4.82. The van der Waals surface area contributed by atoms with Crippen molar-refractivity contribution >= 4 is 17.0 Å². The maximum absolute atomic E-state index is 6.10. The normalized spacial score (nSPS) is 26.8. The van der Waals surface area contributed by atoms with Crippen LogP contribution >= 0.6 is 11.3 Å². The topological polar surface area (TPSA) is 29.3 Å². The molecular formula is C12H18N2S. The van der Waals surface area contributed by atoms with Crippen LogP contribution in [0.1, 0.15) is 42.2 Å². The summed E-state index contributed by atoms with van der Waals surface area (Å²) in [5.41, 5.74) is 8.63. The molecule has 0 saturated carbocycles. The van der Waals surface area contributed by atoms with Gasteiger partial charge >= 0.3 is 0 Å². The van der Waals surface area contributed by atoms with E-state index in [1.807, 2.05) is 11.3 Å². The van der Waals surface area contributed by atoms with E-state index in [0.29, 0.717) is 6.04 Å². The van der Waals surface area contributed by atoms with Gasteiger partial charge in [-0.1, -0.05) is 0 Å². The molecule has 15 heavy (non-hydrogen) atoms. The quantitative estimate of drug-likeness (QED) is 0.791. The zero-order valence-electron chi connectivity index (χ0n) is 9.04. The molecule has 1 aliphatic heterocycles. The second-order valence-electron chi connectivity index (χ2n) is 4.68. The number of hydrogen-bond donors (Lipinski definition) is 1. The van der Waals surface area contributed by atoms with E-state index in [9.17, 15) is 0 Å². The molecular weight excluding hydrogens is 204 g/mol. The Morgan fingerprint density at radius 3 is 2.87 bits per heavy atom. The summed E-state index contributed by atoms with van der Waals surface area (Å²) >= 11 is 1.86. The van der Waals surface area contributed by atoms with Crippen LogP contribution in [0, 0.1) is 0 Å². The van der Waals surface area contributed by atoms with Gasteiger partial charge in [0.1, 0.15) is 0 Å². The van der Waals surface area contributed by atoms with Gasteiger partial charge in [-0.25, -0.2) is 0 Å². The van der Waals surface area contributed by atoms with Gasteiger partial charge in [-0.3, -0.25) is 4.90 Å². The van der Waals surface area contributed by atoms with Crippen LogP contribution in [0.15, 0.2) is 5.38 Å². The predicted molar refractivity (Wildman–Crippen MR) is 65.2 cm³/mol. The Balaban J connectivity index is 1.93. The summed E-state index contributed by atoms with van der Waals surface area (Å²) in [5, 5.41) is 2.14. The Morgan fingerprint density at radius 2 is 2.07 bits per heavy atom. The first-order valence-electron chi connectivity index (χ1n) is 5.96. The van der Waals surface area contributed by atoms with Gasteiger partial charge in [0.2, 0.25) is 0 Å². The van der Waals surface area contributed by atoms with Gasteiger partial charge in [0, 0.05) is 27.5 Å². The molecule has 82 valence electrons. The largest absolute Gasteiger partial charge is 0.398 e. The van der Waals surface area contributed by atoms with E-state index in [0.717, 1.165) is 5.69 Å². The number of fused-ring (bicyclic) bond motifs is 1. The van der Waals surface area contributed by atoms with E-state index < -0.39 is 0 Å². The number of nitrogens with zero attached hydrogens (tertiary/aromatic N) is 1. The van der Waals surface area contributed by atoms with Gasteiger partial charge < -0.3 is 5.73 Å². The second-order valence-corrected chi connectivity index (χ2v) is 5.64. The second kappa shape index (κ2) is 3.80. The molecule has 1 unspecified atom stereocenters. The van der Waals surface area contributed by atoms with Gasteiger partial charge in [0.25, 0.3) is 0 Å². The van der Waals surface area contributed by atoms with Crippen molar-refractivity contribution in [2.75, 3.05) is 18.8 Å². The highest BCUT2D eigenvalue weighted by Crippen LogP contribution is 2.42. The third kappa shape index (κ3) is 1.58. The highest BCUT2D eigenvalue weighted by atomic mass is 32.1. The number of rotatable bonds is 1. The molecule has 0 bridgehead atoms. The molecule has 1 atom stereocenters. The monoisotopic (exact) mass is 222 g/mol. The molecule has 2 nitrogen and oxygen atoms in total. The molecule has 1 aromatic heterocycles. The van der Waals surface area contributed by atoms with Crippen LogP contribution in [0.4, 0.5) is 5.69 Å². The minimum Gasteiger partial charge on any atom is -0.398 e. The maximum Gasteiger partial charge on any atom is 0.0474 e. The lowest BCUT2D eigenvalue weighted by Gasteiger charge is -2.31. The summed E-state index contributed by atoms with van der Waals surface area (Å²) in [6, 6.07) is 0.641. The van der Waals surface area contributed by atoms with Crippen molar-refractivity contribution in [2.24, 2.45) is 0 Å². The smallest absolute Gasteiger partial charge is 0.0474 e. The lowest BCUT2D eigenvalue weighted by atomic mass is 9.92. The van der Waals surface area contributed by atoms with Crippen molar-refractivity contribution in [3.8, 4) is 0 Å². The molecule has 1 aromatic rings. The highest BCUT2D eigenvalue weighted by molar-refractivity contribution is 7.10. The standard InChI is InChI=1S/C12H18N2S/c13-9-8-15-11-5-3-4-10(12(9)11)14-6-1-2-7-14/h8,10H,1-7,13H2. The number of likely N-dealkylation sites (tertiary alicyclic amines) is 1. The average Bonchev–Trinajstić information content (AvgIpc) is 2.88. The summed E-state index contributed by atoms with van der Waals surface area (Å²) in [4.78, 5) is 4.19. The van der Waals surface area contributed by atoms with E-state index in [1.54, 1.807) is 4.88 Å². The van der Waals surface area contributed by atoms with Crippen molar-refractivity contribution in [1.82, 2.24) is 4.90 Å². The highest BCUT2D eigenvalue weighted by Gasteiger charge is 2.30. The van der Waals surface area contributed by atoms with Crippen LogP contribution in [0.5, 0.6) is 0 Å². The lowest BCUT2D eigenvalue weighted by molar-refractivity contribution is 0.223. The fourth-order valence-corrected chi connectivity index (χ4v) is 4.05. The summed E-state index contributed by atoms with van der Waals surface area (Å²) < 4.78 is 0. The minimum absolute atomic E-state index is 0.641. The zero-order chi connectivity index (χ0) is 10.3. The van der Waals surface area contributed by atoms with E-state index in [2.05, 4.69) is 10.3 Å². The molecule has 3 heteroatoms. The Morgan fingerprint density at radius 1 is 1.27 bits per heavy atom. The molecule has 3 rings (SSSR count). The Hall–Kier alpha value is -0.540. The predicted octanol–water partition coefficient (Wildman–Crippen LogP) is 2.80. The van der Waals surface area contributed by atoms with Crippen molar-refractivity contribution < 1.29 is 0 Å². The molecule has 1 aliphatic carbocycles. The number of nitrogen functional groups attached to an aromatic ring is 1. The number of aryl methyl sites for hydroxylation is 1. The first kappa shape index (κ1) is 9.67. The summed E-state index contributed by atoms with van der Waals surface area (Å²) in [6.45, 7) is 2.55.